The predicted molar refractivity (Wildman–Crippen MR) is 222 cm³/mol. The van der Waals surface area contributed by atoms with Gasteiger partial charge in [0.05, 0.1) is 11.3 Å². The second-order valence-electron chi connectivity index (χ2n) is 19.2. The first-order valence-corrected chi connectivity index (χ1v) is 20.1. The number of rotatable bonds is 7. The molecule has 4 aromatic rings. The molecule has 1 radical (unpaired) electrons. The molecule has 0 bridgehead atoms. The summed E-state index contributed by atoms with van der Waals surface area (Å²) in [5.74, 6) is 1.59. The van der Waals surface area contributed by atoms with Gasteiger partial charge in [-0.2, -0.15) is 0 Å². The van der Waals surface area contributed by atoms with E-state index in [0.29, 0.717) is 41.4 Å². The smallest absolute Gasteiger partial charge is 0.159 e. The number of aliphatic hydroxyl groups is 1. The third kappa shape index (κ3) is 10.9. The van der Waals surface area contributed by atoms with Gasteiger partial charge in [0.2, 0.25) is 0 Å². The minimum atomic E-state index is 0. The SMILES string of the molecule is CC(C)CC(=O)/C=C(\O)CC(C)C.Cc1cc(C)c2c(C3CCC4(CC3)CCC(C)(C)CC4)cc(-c3[c-]c4ccccc4c(C(C)(C)C)c3)nc2c1.[Ir]. The summed E-state index contributed by atoms with van der Waals surface area (Å²) in [6.45, 7) is 24.4. The topological polar surface area (TPSA) is 50.2 Å². The number of fused-ring (bicyclic) bond motifs is 2. The van der Waals surface area contributed by atoms with Gasteiger partial charge in [-0.3, -0.25) is 9.78 Å². The average Bonchev–Trinajstić information content (AvgIpc) is 3.04. The van der Waals surface area contributed by atoms with Gasteiger partial charge in [-0.25, -0.2) is 0 Å². The van der Waals surface area contributed by atoms with E-state index in [1.165, 1.54) is 95.9 Å². The molecule has 6 rings (SSSR count). The van der Waals surface area contributed by atoms with Crippen LogP contribution in [0.15, 0.2) is 60.4 Å². The van der Waals surface area contributed by atoms with Gasteiger partial charge >= 0.3 is 0 Å². The summed E-state index contributed by atoms with van der Waals surface area (Å²) < 4.78 is 0. The summed E-state index contributed by atoms with van der Waals surface area (Å²) in [4.78, 5) is 16.5. The molecule has 0 saturated heterocycles. The molecule has 1 spiro atoms. The minimum absolute atomic E-state index is 0. The number of nitrogens with zero attached hydrogens (tertiary/aromatic N) is 1. The normalized spacial score (nSPS) is 17.6. The largest absolute Gasteiger partial charge is 0.512 e. The van der Waals surface area contributed by atoms with Crippen molar-refractivity contribution in [2.24, 2.45) is 22.7 Å². The molecule has 53 heavy (non-hydrogen) atoms. The molecule has 2 saturated carbocycles. The van der Waals surface area contributed by atoms with Crippen LogP contribution in [0.5, 0.6) is 0 Å². The van der Waals surface area contributed by atoms with Crippen LogP contribution in [0.1, 0.15) is 155 Å². The Morgan fingerprint density at radius 3 is 2.13 bits per heavy atom. The Morgan fingerprint density at radius 2 is 1.53 bits per heavy atom. The van der Waals surface area contributed by atoms with Crippen molar-refractivity contribution >= 4 is 27.5 Å². The number of aryl methyl sites for hydroxylation is 2. The fourth-order valence-electron chi connectivity index (χ4n) is 8.86. The first-order valence-electron chi connectivity index (χ1n) is 20.1. The first-order chi connectivity index (χ1) is 24.3. The van der Waals surface area contributed by atoms with Crippen LogP contribution in [0, 0.1) is 42.6 Å². The second kappa shape index (κ2) is 17.3. The number of carbonyl (C=O) groups excluding carboxylic acids is 1. The number of hydrogen-bond acceptors (Lipinski definition) is 3. The van der Waals surface area contributed by atoms with Crippen LogP contribution < -0.4 is 0 Å². The van der Waals surface area contributed by atoms with E-state index in [-0.39, 0.29) is 37.1 Å². The van der Waals surface area contributed by atoms with Gasteiger partial charge in [0.1, 0.15) is 0 Å². The summed E-state index contributed by atoms with van der Waals surface area (Å²) in [6.07, 6.45) is 13.5. The molecule has 0 aliphatic heterocycles. The summed E-state index contributed by atoms with van der Waals surface area (Å²) in [5, 5.41) is 13.2. The molecule has 0 atom stereocenters. The van der Waals surface area contributed by atoms with Crippen molar-refractivity contribution < 1.29 is 30.0 Å². The fourth-order valence-corrected chi connectivity index (χ4v) is 8.86. The van der Waals surface area contributed by atoms with Crippen molar-refractivity contribution in [1.82, 2.24) is 4.98 Å². The number of carbonyl (C=O) groups is 1. The number of pyridine rings is 1. The van der Waals surface area contributed by atoms with E-state index in [0.717, 1.165) is 16.8 Å². The third-order valence-corrected chi connectivity index (χ3v) is 11.8. The van der Waals surface area contributed by atoms with Gasteiger partial charge in [0.25, 0.3) is 0 Å². The van der Waals surface area contributed by atoms with E-state index in [2.05, 4.69) is 103 Å². The van der Waals surface area contributed by atoms with E-state index in [1.807, 2.05) is 27.7 Å². The van der Waals surface area contributed by atoms with Crippen molar-refractivity contribution in [3.8, 4) is 11.3 Å². The molecule has 2 aliphatic carbocycles. The zero-order valence-electron chi connectivity index (χ0n) is 34.6. The monoisotopic (exact) mass is 893 g/mol. The predicted octanol–water partition coefficient (Wildman–Crippen LogP) is 14.1. The van der Waals surface area contributed by atoms with Crippen LogP contribution in [-0.2, 0) is 30.3 Å². The molecule has 1 heterocycles. The van der Waals surface area contributed by atoms with E-state index in [9.17, 15) is 9.90 Å². The van der Waals surface area contributed by atoms with E-state index in [1.54, 1.807) is 0 Å². The summed E-state index contributed by atoms with van der Waals surface area (Å²) in [6, 6.07) is 22.0. The third-order valence-electron chi connectivity index (χ3n) is 11.8. The molecule has 2 fully saturated rings. The van der Waals surface area contributed by atoms with Gasteiger partial charge in [0, 0.05) is 50.1 Å². The van der Waals surface area contributed by atoms with Crippen molar-refractivity contribution in [3.63, 3.8) is 0 Å². The summed E-state index contributed by atoms with van der Waals surface area (Å²) >= 11 is 0. The molecule has 1 aromatic heterocycles. The van der Waals surface area contributed by atoms with Gasteiger partial charge in [0.15, 0.2) is 5.78 Å². The Bertz CT molecular complexity index is 1900. The summed E-state index contributed by atoms with van der Waals surface area (Å²) in [7, 11) is 0. The van der Waals surface area contributed by atoms with Crippen LogP contribution in [0.4, 0.5) is 0 Å². The fraction of sp³-hybridized carbons (Fsp3) is 0.551. The Kier molecular flexibility index (Phi) is 14.0. The van der Waals surface area contributed by atoms with E-state index in [4.69, 9.17) is 4.98 Å². The van der Waals surface area contributed by atoms with Crippen LogP contribution in [0.3, 0.4) is 0 Å². The molecule has 4 heteroatoms. The first kappa shape index (κ1) is 42.9. The summed E-state index contributed by atoms with van der Waals surface area (Å²) in [5.41, 5.74) is 10.1. The molecule has 0 unspecified atom stereocenters. The maximum Gasteiger partial charge on any atom is 0.159 e. The zero-order valence-corrected chi connectivity index (χ0v) is 37.0. The van der Waals surface area contributed by atoms with Gasteiger partial charge in [-0.05, 0) is 122 Å². The molecular weight excluding hydrogens is 827 g/mol. The average molecular weight is 893 g/mol. The minimum Gasteiger partial charge on any atom is -0.512 e. The number of benzene rings is 3. The quantitative estimate of drug-likeness (QED) is 0.114. The number of allylic oxidation sites excluding steroid dienone is 2. The van der Waals surface area contributed by atoms with Crippen molar-refractivity contribution in [1.29, 1.82) is 0 Å². The Hall–Kier alpha value is -2.81. The standard InChI is InChI=1S/C38H46N.C11H20O2.Ir/c1-25-20-26(2)35-31(27-12-14-38(15-13-27)18-16-37(6,7)17-19-38)24-33(39-34(35)21-25)29-22-28-10-8-9-11-30(28)32(23-29)36(3,4)5;1-8(2)5-10(12)7-11(13)6-9(3)4;/h8-11,20-21,23-24,27H,12-19H2,1-7H3;7-9,12H,5-6H2,1-4H3;/q-1;;/b;10-7-;. The van der Waals surface area contributed by atoms with Crippen LogP contribution >= 0.6 is 0 Å². The molecule has 3 nitrogen and oxygen atoms in total. The van der Waals surface area contributed by atoms with E-state index < -0.39 is 0 Å². The number of hydrogen-bond donors (Lipinski definition) is 1. The van der Waals surface area contributed by atoms with Gasteiger partial charge in [-0.1, -0.05) is 104 Å². The Labute approximate surface area is 335 Å². The molecule has 0 amide bonds. The molecule has 1 N–H and O–H groups in total. The van der Waals surface area contributed by atoms with Crippen LogP contribution in [-0.4, -0.2) is 15.9 Å². The second-order valence-corrected chi connectivity index (χ2v) is 19.2. The molecular formula is C49H66IrNO2-. The van der Waals surface area contributed by atoms with Gasteiger partial charge in [-0.15, -0.1) is 29.1 Å². The maximum atomic E-state index is 11.2. The van der Waals surface area contributed by atoms with E-state index >= 15 is 0 Å². The van der Waals surface area contributed by atoms with Crippen molar-refractivity contribution in [2.75, 3.05) is 0 Å². The number of ketones is 1. The van der Waals surface area contributed by atoms with Crippen molar-refractivity contribution in [3.05, 3.63) is 88.7 Å². The molecule has 2 aliphatic rings. The van der Waals surface area contributed by atoms with Crippen LogP contribution in [0.25, 0.3) is 32.9 Å². The Morgan fingerprint density at radius 1 is 0.906 bits per heavy atom. The number of aromatic nitrogens is 1. The number of aliphatic hydroxyl groups excluding tert-OH is 1. The molecule has 3 aromatic carbocycles. The maximum absolute atomic E-state index is 11.2. The van der Waals surface area contributed by atoms with Crippen molar-refractivity contribution in [2.45, 2.75) is 152 Å². The van der Waals surface area contributed by atoms with Crippen LogP contribution in [0.2, 0.25) is 0 Å². The van der Waals surface area contributed by atoms with Gasteiger partial charge < -0.3 is 5.11 Å². The molecule has 289 valence electrons. The zero-order chi connectivity index (χ0) is 38.0. The Balaban J connectivity index is 0.000000386.